The molecule has 0 saturated carbocycles. The summed E-state index contributed by atoms with van der Waals surface area (Å²) in [5.41, 5.74) is 0.416. The molecule has 2 rings (SSSR count). The maximum Gasteiger partial charge on any atom is 0.306 e. The van der Waals surface area contributed by atoms with Gasteiger partial charge < -0.3 is 24.6 Å². The molecule has 7 nitrogen and oxygen atoms in total. The molecule has 0 aromatic heterocycles. The molecule has 20 heavy (non-hydrogen) atoms. The Balaban J connectivity index is 1.93. The third-order valence-electron chi connectivity index (χ3n) is 2.86. The highest BCUT2D eigenvalue weighted by molar-refractivity contribution is 5.95. The maximum absolute atomic E-state index is 11.9. The van der Waals surface area contributed by atoms with E-state index in [2.05, 4.69) is 5.32 Å². The minimum atomic E-state index is -0.978. The molecule has 0 radical (unpaired) electrons. The molecule has 1 amide bonds. The largest absolute Gasteiger partial charge is 0.481 e. The summed E-state index contributed by atoms with van der Waals surface area (Å²) >= 11 is 0. The van der Waals surface area contributed by atoms with Crippen molar-refractivity contribution in [2.45, 2.75) is 12.5 Å². The number of rotatable bonds is 6. The van der Waals surface area contributed by atoms with Crippen LogP contribution in [-0.4, -0.2) is 43.5 Å². The smallest absolute Gasteiger partial charge is 0.306 e. The number of amides is 1. The predicted molar refractivity (Wildman–Crippen MR) is 67.9 cm³/mol. The van der Waals surface area contributed by atoms with Crippen LogP contribution >= 0.6 is 0 Å². The van der Waals surface area contributed by atoms with Gasteiger partial charge in [0.15, 0.2) is 11.5 Å². The number of carboxylic acid groups (broad SMARTS) is 1. The number of fused-ring (bicyclic) bond motifs is 1. The van der Waals surface area contributed by atoms with Crippen molar-refractivity contribution in [3.8, 4) is 11.5 Å². The molecule has 1 aromatic rings. The van der Waals surface area contributed by atoms with Crippen LogP contribution in [-0.2, 0) is 9.53 Å². The third-order valence-corrected chi connectivity index (χ3v) is 2.86. The summed E-state index contributed by atoms with van der Waals surface area (Å²) in [5.74, 6) is -0.182. The quantitative estimate of drug-likeness (QED) is 0.794. The summed E-state index contributed by atoms with van der Waals surface area (Å²) in [5, 5.41) is 11.3. The van der Waals surface area contributed by atoms with Crippen LogP contribution in [0.4, 0.5) is 0 Å². The lowest BCUT2D eigenvalue weighted by Gasteiger charge is -2.14. The van der Waals surface area contributed by atoms with E-state index in [1.165, 1.54) is 7.11 Å². The van der Waals surface area contributed by atoms with Crippen molar-refractivity contribution in [3.63, 3.8) is 0 Å². The first-order chi connectivity index (χ1) is 9.60. The molecule has 0 saturated heterocycles. The Morgan fingerprint density at radius 1 is 1.40 bits per heavy atom. The van der Waals surface area contributed by atoms with Crippen molar-refractivity contribution in [2.24, 2.45) is 0 Å². The van der Waals surface area contributed by atoms with Crippen molar-refractivity contribution < 1.29 is 28.9 Å². The van der Waals surface area contributed by atoms with Crippen LogP contribution in [0.15, 0.2) is 18.2 Å². The van der Waals surface area contributed by atoms with E-state index in [4.69, 9.17) is 19.3 Å². The Morgan fingerprint density at radius 2 is 2.15 bits per heavy atom. The zero-order chi connectivity index (χ0) is 14.5. The normalized spacial score (nSPS) is 13.8. The summed E-state index contributed by atoms with van der Waals surface area (Å²) in [4.78, 5) is 22.5. The third kappa shape index (κ3) is 3.39. The van der Waals surface area contributed by atoms with E-state index >= 15 is 0 Å². The van der Waals surface area contributed by atoms with Gasteiger partial charge in [-0.25, -0.2) is 0 Å². The van der Waals surface area contributed by atoms with Gasteiger partial charge in [0.05, 0.1) is 12.5 Å². The lowest BCUT2D eigenvalue weighted by Crippen LogP contribution is -2.34. The Morgan fingerprint density at radius 3 is 2.85 bits per heavy atom. The van der Waals surface area contributed by atoms with Gasteiger partial charge in [0.25, 0.3) is 5.91 Å². The van der Waals surface area contributed by atoms with Crippen LogP contribution < -0.4 is 14.8 Å². The van der Waals surface area contributed by atoms with Crippen molar-refractivity contribution in [2.75, 3.05) is 20.4 Å². The van der Waals surface area contributed by atoms with Crippen LogP contribution in [0, 0.1) is 0 Å². The fraction of sp³-hybridized carbons (Fsp3) is 0.385. The highest BCUT2D eigenvalue weighted by Gasteiger charge is 2.18. The predicted octanol–water partition coefficient (Wildman–Crippen LogP) is 0.635. The summed E-state index contributed by atoms with van der Waals surface area (Å²) < 4.78 is 15.3. The zero-order valence-electron chi connectivity index (χ0n) is 10.9. The van der Waals surface area contributed by atoms with E-state index in [1.807, 2.05) is 0 Å². The van der Waals surface area contributed by atoms with E-state index < -0.39 is 12.1 Å². The average Bonchev–Trinajstić information content (AvgIpc) is 2.89. The van der Waals surface area contributed by atoms with Gasteiger partial charge in [0.1, 0.15) is 0 Å². The fourth-order valence-electron chi connectivity index (χ4n) is 1.78. The number of carboxylic acids is 1. The van der Waals surface area contributed by atoms with Gasteiger partial charge in [0, 0.05) is 19.2 Å². The number of methoxy groups -OCH3 is 1. The number of aliphatic carboxylic acids is 1. The van der Waals surface area contributed by atoms with E-state index in [0.29, 0.717) is 17.1 Å². The maximum atomic E-state index is 11.9. The average molecular weight is 281 g/mol. The highest BCUT2D eigenvalue weighted by atomic mass is 16.7. The molecule has 0 bridgehead atoms. The second-order valence-corrected chi connectivity index (χ2v) is 4.23. The molecule has 0 aliphatic carbocycles. The van der Waals surface area contributed by atoms with Crippen molar-refractivity contribution >= 4 is 11.9 Å². The van der Waals surface area contributed by atoms with Crippen LogP contribution in [0.25, 0.3) is 0 Å². The molecular formula is C13H15NO6. The lowest BCUT2D eigenvalue weighted by molar-refractivity contribution is -0.139. The molecule has 0 fully saturated rings. The van der Waals surface area contributed by atoms with Crippen LogP contribution in [0.1, 0.15) is 16.8 Å². The number of carbonyl (C=O) groups is 2. The number of carbonyl (C=O) groups excluding carboxylic acids is 1. The van der Waals surface area contributed by atoms with Gasteiger partial charge in [-0.2, -0.15) is 0 Å². The first-order valence-electron chi connectivity index (χ1n) is 6.02. The van der Waals surface area contributed by atoms with Gasteiger partial charge >= 0.3 is 5.97 Å². The molecule has 1 heterocycles. The molecule has 1 aromatic carbocycles. The lowest BCUT2D eigenvalue weighted by atomic mass is 10.2. The summed E-state index contributed by atoms with van der Waals surface area (Å²) in [6, 6.07) is 4.85. The van der Waals surface area contributed by atoms with Crippen LogP contribution in [0.5, 0.6) is 11.5 Å². The number of ether oxygens (including phenoxy) is 3. The number of hydrogen-bond donors (Lipinski definition) is 2. The van der Waals surface area contributed by atoms with E-state index in [9.17, 15) is 9.59 Å². The summed E-state index contributed by atoms with van der Waals surface area (Å²) in [6.45, 7) is 0.265. The van der Waals surface area contributed by atoms with Crippen LogP contribution in [0.3, 0.4) is 0 Å². The molecular weight excluding hydrogens is 266 g/mol. The Hall–Kier alpha value is -2.28. The second-order valence-electron chi connectivity index (χ2n) is 4.23. The highest BCUT2D eigenvalue weighted by Crippen LogP contribution is 2.32. The van der Waals surface area contributed by atoms with Gasteiger partial charge in [-0.1, -0.05) is 0 Å². The molecule has 1 atom stereocenters. The molecule has 108 valence electrons. The topological polar surface area (TPSA) is 94.1 Å². The Bertz CT molecular complexity index is 516. The Labute approximate surface area is 115 Å². The monoisotopic (exact) mass is 281 g/mol. The van der Waals surface area contributed by atoms with Crippen molar-refractivity contribution in [3.05, 3.63) is 23.8 Å². The minimum Gasteiger partial charge on any atom is -0.481 e. The molecule has 7 heteroatoms. The standard InChI is InChI=1S/C13H15NO6/c1-18-9(5-12(15)16)6-14-13(17)8-2-3-10-11(4-8)20-7-19-10/h2-4,9H,5-7H2,1H3,(H,14,17)(H,15,16). The minimum absolute atomic E-state index is 0.121. The van der Waals surface area contributed by atoms with E-state index in [1.54, 1.807) is 18.2 Å². The number of nitrogens with one attached hydrogen (secondary N) is 1. The molecule has 2 N–H and O–H groups in total. The van der Waals surface area contributed by atoms with Gasteiger partial charge in [-0.3, -0.25) is 9.59 Å². The summed E-state index contributed by atoms with van der Waals surface area (Å²) in [6.07, 6.45) is -0.733. The SMILES string of the molecule is COC(CNC(=O)c1ccc2c(c1)OCO2)CC(=O)O. The molecule has 1 aliphatic rings. The molecule has 1 unspecified atom stereocenters. The van der Waals surface area contributed by atoms with Crippen molar-refractivity contribution in [1.29, 1.82) is 0 Å². The number of hydrogen-bond acceptors (Lipinski definition) is 5. The first kappa shape index (κ1) is 14.1. The molecule has 1 aliphatic heterocycles. The van der Waals surface area contributed by atoms with E-state index in [-0.39, 0.29) is 25.7 Å². The van der Waals surface area contributed by atoms with Crippen molar-refractivity contribution in [1.82, 2.24) is 5.32 Å². The van der Waals surface area contributed by atoms with Gasteiger partial charge in [-0.05, 0) is 18.2 Å². The first-order valence-corrected chi connectivity index (χ1v) is 6.02. The summed E-state index contributed by atoms with van der Waals surface area (Å²) in [7, 11) is 1.40. The zero-order valence-corrected chi connectivity index (χ0v) is 10.9. The van der Waals surface area contributed by atoms with Crippen LogP contribution in [0.2, 0.25) is 0 Å². The molecule has 0 spiro atoms. The Kier molecular flexibility index (Phi) is 4.41. The van der Waals surface area contributed by atoms with Gasteiger partial charge in [-0.15, -0.1) is 0 Å². The van der Waals surface area contributed by atoms with E-state index in [0.717, 1.165) is 0 Å². The van der Waals surface area contributed by atoms with Gasteiger partial charge in [0.2, 0.25) is 6.79 Å². The fourth-order valence-corrected chi connectivity index (χ4v) is 1.78. The number of benzene rings is 1. The second kappa shape index (κ2) is 6.25.